The van der Waals surface area contributed by atoms with Gasteiger partial charge in [0.1, 0.15) is 66.6 Å². The molecule has 4 heterocycles. The molecule has 424 valence electrons. The van der Waals surface area contributed by atoms with E-state index in [9.17, 15) is 66.4 Å². The van der Waals surface area contributed by atoms with Crippen LogP contribution in [0, 0.1) is 50.2 Å². The Morgan fingerprint density at radius 1 is 0.662 bits per heavy atom. The number of ether oxygens (including phenoxy) is 8. The van der Waals surface area contributed by atoms with Gasteiger partial charge < -0.3 is 104 Å². The van der Waals surface area contributed by atoms with Crippen LogP contribution in [-0.4, -0.2) is 222 Å². The van der Waals surface area contributed by atoms with E-state index in [-0.39, 0.29) is 35.2 Å². The van der Waals surface area contributed by atoms with E-state index in [2.05, 4.69) is 40.7 Å². The standard InChI is InChI=1S/C52H84O22/c1-23-36(71-41-34(61)31(58)27(57)19-67-41)37(72-44-40(64)52(66,21-55)22-68-44)35(62)42(69-23)73-38-33(60)32(59)28(18-53)70-43(38)74-45(65)51-14-12-46(2,3)16-25(51)24-8-9-30-47(4)17-26(56)39(63)48(5,20-54)29(47)10-11-50(30,7)49(24,6)13-15-51/h8,23,25-44,53-64,66H,9-22H2,1-7H3/t23-,25-,26-,27+,28+,29+,30+,31-,32+,33-,34+,35+,36-,37+,38+,39-,40-,41-,42-,43-,44-,47-,48-,49+,50+,51-,52+/m0/s1. The first-order valence-electron chi connectivity index (χ1n) is 26.7. The number of rotatable bonds is 11. The first kappa shape index (κ1) is 57.1. The van der Waals surface area contributed by atoms with Crippen LogP contribution < -0.4 is 0 Å². The normalized spacial score (nSPS) is 55.2. The van der Waals surface area contributed by atoms with Gasteiger partial charge in [0.05, 0.1) is 56.8 Å². The van der Waals surface area contributed by atoms with Crippen LogP contribution in [0.3, 0.4) is 0 Å². The fraction of sp³-hybridized carbons (Fsp3) is 0.942. The van der Waals surface area contributed by atoms with Gasteiger partial charge in [0.25, 0.3) is 0 Å². The maximum atomic E-state index is 15.5. The summed E-state index contributed by atoms with van der Waals surface area (Å²) in [6.07, 6.45) is -21.4. The minimum Gasteiger partial charge on any atom is -0.432 e. The second-order valence-corrected chi connectivity index (χ2v) is 25.5. The number of esters is 1. The zero-order valence-corrected chi connectivity index (χ0v) is 43.6. The van der Waals surface area contributed by atoms with Crippen LogP contribution in [0.2, 0.25) is 0 Å². The lowest BCUT2D eigenvalue weighted by Gasteiger charge is -2.71. The molecule has 22 nitrogen and oxygen atoms in total. The Kier molecular flexibility index (Phi) is 15.6. The summed E-state index contributed by atoms with van der Waals surface area (Å²) in [6.45, 7) is 11.6. The van der Waals surface area contributed by atoms with Gasteiger partial charge in [-0.05, 0) is 104 Å². The molecule has 4 saturated heterocycles. The predicted octanol–water partition coefficient (Wildman–Crippen LogP) is -1.78. The predicted molar refractivity (Wildman–Crippen MR) is 252 cm³/mol. The minimum absolute atomic E-state index is 0.0428. The molecule has 22 heteroatoms. The highest BCUT2D eigenvalue weighted by atomic mass is 16.8. The van der Waals surface area contributed by atoms with E-state index < -0.39 is 170 Å². The minimum atomic E-state index is -2.16. The van der Waals surface area contributed by atoms with Crippen LogP contribution in [0.1, 0.15) is 106 Å². The molecule has 9 aliphatic rings. The fourth-order valence-corrected chi connectivity index (χ4v) is 16.0. The molecular formula is C52H84O22. The Balaban J connectivity index is 1.00. The zero-order chi connectivity index (χ0) is 54.0. The Morgan fingerprint density at radius 2 is 1.34 bits per heavy atom. The first-order chi connectivity index (χ1) is 34.6. The molecule has 0 amide bonds. The summed E-state index contributed by atoms with van der Waals surface area (Å²) in [5.41, 5.74) is -4.27. The molecule has 13 N–H and O–H groups in total. The number of hydrogen-bond acceptors (Lipinski definition) is 22. The van der Waals surface area contributed by atoms with Crippen LogP contribution in [0.4, 0.5) is 0 Å². The number of carbonyl (C=O) groups excluding carboxylic acids is 1. The van der Waals surface area contributed by atoms with E-state index in [0.717, 1.165) is 18.4 Å². The number of carbonyl (C=O) groups is 1. The maximum Gasteiger partial charge on any atom is 0.315 e. The van der Waals surface area contributed by atoms with E-state index in [1.807, 2.05) is 6.92 Å². The van der Waals surface area contributed by atoms with Crippen molar-refractivity contribution in [3.8, 4) is 0 Å². The highest BCUT2D eigenvalue weighted by Crippen LogP contribution is 2.76. The molecule has 0 spiro atoms. The summed E-state index contributed by atoms with van der Waals surface area (Å²) < 4.78 is 47.9. The highest BCUT2D eigenvalue weighted by Gasteiger charge is 2.71. The molecule has 4 saturated carbocycles. The molecule has 0 radical (unpaired) electrons. The number of aliphatic hydroxyl groups excluding tert-OH is 12. The van der Waals surface area contributed by atoms with Gasteiger partial charge in [0, 0.05) is 5.41 Å². The van der Waals surface area contributed by atoms with Crippen molar-refractivity contribution in [2.45, 2.75) is 222 Å². The molecular weight excluding hydrogens is 977 g/mol. The van der Waals surface area contributed by atoms with Crippen molar-refractivity contribution < 1.29 is 109 Å². The van der Waals surface area contributed by atoms with Gasteiger partial charge in [-0.2, -0.15) is 0 Å². The fourth-order valence-electron chi connectivity index (χ4n) is 16.0. The summed E-state index contributed by atoms with van der Waals surface area (Å²) in [5, 5.41) is 142. The highest BCUT2D eigenvalue weighted by molar-refractivity contribution is 5.79. The molecule has 9 rings (SSSR count). The average Bonchev–Trinajstić information content (AvgIpc) is 3.64. The van der Waals surface area contributed by atoms with E-state index in [0.29, 0.717) is 44.9 Å². The third kappa shape index (κ3) is 8.88. The van der Waals surface area contributed by atoms with E-state index in [1.165, 1.54) is 6.92 Å². The van der Waals surface area contributed by atoms with Gasteiger partial charge in [0.15, 0.2) is 25.0 Å². The van der Waals surface area contributed by atoms with Gasteiger partial charge in [0.2, 0.25) is 6.29 Å². The quantitative estimate of drug-likeness (QED) is 0.0803. The number of hydrogen-bond donors (Lipinski definition) is 13. The number of allylic oxidation sites excluding steroid dienone is 2. The molecule has 0 aromatic carbocycles. The van der Waals surface area contributed by atoms with Crippen LogP contribution in [0.25, 0.3) is 0 Å². The molecule has 8 fully saturated rings. The van der Waals surface area contributed by atoms with Crippen LogP contribution >= 0.6 is 0 Å². The largest absolute Gasteiger partial charge is 0.432 e. The molecule has 5 aliphatic carbocycles. The van der Waals surface area contributed by atoms with Crippen LogP contribution in [0.5, 0.6) is 0 Å². The summed E-state index contributed by atoms with van der Waals surface area (Å²) in [7, 11) is 0. The number of fused-ring (bicyclic) bond motifs is 7. The van der Waals surface area contributed by atoms with Crippen molar-refractivity contribution in [2.75, 3.05) is 33.0 Å². The SMILES string of the molecule is C[C@@H]1O[C@@H](O[C@H]2[C@H](OC(=O)[C@]34CCC(C)(C)C[C@H]3C3=CC[C@@H]5[C@@]6(C)C[C@H](O)[C@H](O)[C@@](C)(CO)[C@@H]6CC[C@@]5(C)[C@]3(C)CC4)O[C@H](CO)[C@@H](O)[C@@H]2O)[C@H](O)[C@@H](O[C@@H]2OC[C@](O)(CO)[C@H]2O)[C@H]1O[C@@H]1OC[C@@H](O)[C@H](O)[C@H]1O. The van der Waals surface area contributed by atoms with Crippen molar-refractivity contribution >= 4 is 5.97 Å². The van der Waals surface area contributed by atoms with Gasteiger partial charge in [-0.1, -0.05) is 53.2 Å². The smallest absolute Gasteiger partial charge is 0.315 e. The molecule has 0 unspecified atom stereocenters. The summed E-state index contributed by atoms with van der Waals surface area (Å²) >= 11 is 0. The average molecular weight is 1060 g/mol. The van der Waals surface area contributed by atoms with Crippen molar-refractivity contribution in [1.29, 1.82) is 0 Å². The Hall–Kier alpha value is -1.59. The Labute approximate surface area is 431 Å². The second kappa shape index (κ2) is 20.2. The van der Waals surface area contributed by atoms with Gasteiger partial charge in [-0.3, -0.25) is 4.79 Å². The second-order valence-electron chi connectivity index (χ2n) is 25.5. The van der Waals surface area contributed by atoms with Crippen LogP contribution in [-0.2, 0) is 42.7 Å². The van der Waals surface area contributed by atoms with E-state index >= 15 is 4.79 Å². The van der Waals surface area contributed by atoms with Crippen molar-refractivity contribution in [2.24, 2.45) is 50.2 Å². The Morgan fingerprint density at radius 3 is 2.00 bits per heavy atom. The van der Waals surface area contributed by atoms with Crippen molar-refractivity contribution in [1.82, 2.24) is 0 Å². The van der Waals surface area contributed by atoms with Crippen molar-refractivity contribution in [3.05, 3.63) is 11.6 Å². The van der Waals surface area contributed by atoms with Gasteiger partial charge >= 0.3 is 5.97 Å². The Bertz CT molecular complexity index is 2060. The molecule has 0 aromatic heterocycles. The molecule has 27 atom stereocenters. The summed E-state index contributed by atoms with van der Waals surface area (Å²) in [5.74, 6) is -0.898. The van der Waals surface area contributed by atoms with E-state index in [4.69, 9.17) is 37.9 Å². The van der Waals surface area contributed by atoms with Gasteiger partial charge in [-0.15, -0.1) is 0 Å². The van der Waals surface area contributed by atoms with Gasteiger partial charge in [-0.25, -0.2) is 0 Å². The lowest BCUT2D eigenvalue weighted by atomic mass is 9.33. The molecule has 74 heavy (non-hydrogen) atoms. The topological polar surface area (TPSA) is 354 Å². The van der Waals surface area contributed by atoms with E-state index in [1.54, 1.807) is 0 Å². The summed E-state index contributed by atoms with van der Waals surface area (Å²) in [4.78, 5) is 15.5. The molecule has 0 aromatic rings. The van der Waals surface area contributed by atoms with Crippen molar-refractivity contribution in [3.63, 3.8) is 0 Å². The number of aliphatic hydroxyl groups is 13. The molecule has 4 aliphatic heterocycles. The molecule has 0 bridgehead atoms. The lowest BCUT2D eigenvalue weighted by Crippen LogP contribution is -2.68. The first-order valence-corrected chi connectivity index (χ1v) is 26.7. The third-order valence-corrected chi connectivity index (χ3v) is 20.8. The zero-order valence-electron chi connectivity index (χ0n) is 43.6. The monoisotopic (exact) mass is 1060 g/mol. The lowest BCUT2D eigenvalue weighted by molar-refractivity contribution is -0.385. The summed E-state index contributed by atoms with van der Waals surface area (Å²) in [6, 6.07) is 0. The van der Waals surface area contributed by atoms with Crippen LogP contribution in [0.15, 0.2) is 11.6 Å². The maximum absolute atomic E-state index is 15.5. The third-order valence-electron chi connectivity index (χ3n) is 20.8.